The van der Waals surface area contributed by atoms with Crippen LogP contribution in [0.3, 0.4) is 0 Å². The number of hydrogen-bond donors (Lipinski definition) is 1. The highest BCUT2D eigenvalue weighted by molar-refractivity contribution is 7.19. The van der Waals surface area contributed by atoms with E-state index in [0.29, 0.717) is 23.2 Å². The van der Waals surface area contributed by atoms with Crippen molar-refractivity contribution in [2.24, 2.45) is 0 Å². The third-order valence-corrected chi connectivity index (χ3v) is 5.49. The highest BCUT2D eigenvalue weighted by Crippen LogP contribution is 2.32. The predicted octanol–water partition coefficient (Wildman–Crippen LogP) is 5.80. The lowest BCUT2D eigenvalue weighted by Gasteiger charge is -2.11. The maximum atomic E-state index is 13.3. The molecule has 31 heavy (non-hydrogen) atoms. The van der Waals surface area contributed by atoms with E-state index < -0.39 is 0 Å². The summed E-state index contributed by atoms with van der Waals surface area (Å²) in [5.74, 6) is 6.87. The van der Waals surface area contributed by atoms with Gasteiger partial charge in [-0.05, 0) is 42.0 Å². The van der Waals surface area contributed by atoms with Crippen molar-refractivity contribution in [3.8, 4) is 17.6 Å². The molecule has 1 N–H and O–H groups in total. The molecular formula is C23H17ClFN3O2S. The number of rotatable bonds is 6. The maximum absolute atomic E-state index is 13.3. The van der Waals surface area contributed by atoms with Crippen molar-refractivity contribution in [2.75, 3.05) is 19.0 Å². The van der Waals surface area contributed by atoms with Gasteiger partial charge in [-0.3, -0.25) is 0 Å². The van der Waals surface area contributed by atoms with Gasteiger partial charge in [0.05, 0.1) is 15.3 Å². The van der Waals surface area contributed by atoms with Crippen molar-refractivity contribution in [3.63, 3.8) is 0 Å². The lowest BCUT2D eigenvalue weighted by Crippen LogP contribution is -1.98. The summed E-state index contributed by atoms with van der Waals surface area (Å²) in [7, 11) is 1.61. The SMILES string of the molecule is COCC#Cc1cc2c(Nc3ccc(OCc4cccc(F)c4)c(Cl)c3)ncnc2s1. The molecule has 0 amide bonds. The van der Waals surface area contributed by atoms with E-state index in [-0.39, 0.29) is 12.4 Å². The summed E-state index contributed by atoms with van der Waals surface area (Å²) in [6.45, 7) is 0.593. The Labute approximate surface area is 187 Å². The average Bonchev–Trinajstić information content (AvgIpc) is 3.17. The molecule has 0 spiro atoms. The van der Waals surface area contributed by atoms with E-state index in [9.17, 15) is 4.39 Å². The molecule has 5 nitrogen and oxygen atoms in total. The third kappa shape index (κ3) is 5.30. The van der Waals surface area contributed by atoms with Gasteiger partial charge in [0.2, 0.25) is 0 Å². The number of thiophene rings is 1. The van der Waals surface area contributed by atoms with Crippen LogP contribution in [0.4, 0.5) is 15.9 Å². The van der Waals surface area contributed by atoms with Crippen LogP contribution >= 0.6 is 22.9 Å². The normalized spacial score (nSPS) is 10.5. The first kappa shape index (κ1) is 21.1. The molecule has 0 fully saturated rings. The molecular weight excluding hydrogens is 437 g/mol. The van der Waals surface area contributed by atoms with E-state index in [1.165, 1.54) is 29.8 Å². The van der Waals surface area contributed by atoms with E-state index in [1.54, 1.807) is 31.4 Å². The number of anilines is 2. The van der Waals surface area contributed by atoms with Crippen molar-refractivity contribution in [3.05, 3.63) is 76.1 Å². The standard InChI is InChI=1S/C23H17ClFN3O2S/c1-29-9-3-6-18-12-19-22(26-14-27-23(19)31-18)28-17-7-8-21(20(24)11-17)30-13-15-4-2-5-16(25)10-15/h2,4-5,7-8,10-12,14H,9,13H2,1H3,(H,26,27,28). The van der Waals surface area contributed by atoms with Crippen LogP contribution in [0.25, 0.3) is 10.2 Å². The minimum atomic E-state index is -0.302. The van der Waals surface area contributed by atoms with E-state index in [0.717, 1.165) is 26.3 Å². The summed E-state index contributed by atoms with van der Waals surface area (Å²) in [5, 5.41) is 4.58. The molecule has 0 bridgehead atoms. The second-order valence-corrected chi connectivity index (χ2v) is 7.91. The summed E-state index contributed by atoms with van der Waals surface area (Å²) in [6, 6.07) is 13.6. The molecule has 0 saturated carbocycles. The Morgan fingerprint density at radius 3 is 2.87 bits per heavy atom. The number of fused-ring (bicyclic) bond motifs is 1. The van der Waals surface area contributed by atoms with E-state index in [4.69, 9.17) is 21.1 Å². The minimum Gasteiger partial charge on any atom is -0.487 e. The molecule has 0 saturated heterocycles. The minimum absolute atomic E-state index is 0.221. The van der Waals surface area contributed by atoms with Gasteiger partial charge in [0.25, 0.3) is 0 Å². The monoisotopic (exact) mass is 453 g/mol. The van der Waals surface area contributed by atoms with Crippen molar-refractivity contribution in [2.45, 2.75) is 6.61 Å². The first-order valence-corrected chi connectivity index (χ1v) is 10.5. The summed E-state index contributed by atoms with van der Waals surface area (Å²) in [5.41, 5.74) is 1.48. The van der Waals surface area contributed by atoms with Gasteiger partial charge in [-0.15, -0.1) is 11.3 Å². The molecule has 2 aromatic carbocycles. The Balaban J connectivity index is 1.50. The van der Waals surface area contributed by atoms with Crippen molar-refractivity contribution >= 4 is 44.7 Å². The van der Waals surface area contributed by atoms with E-state index in [1.807, 2.05) is 12.1 Å². The van der Waals surface area contributed by atoms with E-state index in [2.05, 4.69) is 27.1 Å². The largest absolute Gasteiger partial charge is 0.487 e. The topological polar surface area (TPSA) is 56.3 Å². The quantitative estimate of drug-likeness (QED) is 0.374. The molecule has 0 radical (unpaired) electrons. The zero-order valence-corrected chi connectivity index (χ0v) is 18.1. The average molecular weight is 454 g/mol. The third-order valence-electron chi connectivity index (χ3n) is 4.24. The van der Waals surface area contributed by atoms with Crippen LogP contribution in [0.15, 0.2) is 54.9 Å². The Morgan fingerprint density at radius 1 is 1.16 bits per heavy atom. The first-order valence-electron chi connectivity index (χ1n) is 9.28. The molecule has 8 heteroatoms. The number of benzene rings is 2. The smallest absolute Gasteiger partial charge is 0.142 e. The second-order valence-electron chi connectivity index (χ2n) is 6.48. The zero-order chi connectivity index (χ0) is 21.6. The Hall–Kier alpha value is -3.18. The fraction of sp³-hybridized carbons (Fsp3) is 0.130. The van der Waals surface area contributed by atoms with Crippen LogP contribution in [0, 0.1) is 17.7 Å². The van der Waals surface area contributed by atoms with Crippen LogP contribution in [-0.4, -0.2) is 23.7 Å². The van der Waals surface area contributed by atoms with Crippen molar-refractivity contribution in [1.82, 2.24) is 9.97 Å². The Bertz CT molecular complexity index is 1280. The van der Waals surface area contributed by atoms with Gasteiger partial charge in [-0.25, -0.2) is 14.4 Å². The van der Waals surface area contributed by atoms with Crippen LogP contribution in [0.1, 0.15) is 10.4 Å². The van der Waals surface area contributed by atoms with Crippen molar-refractivity contribution in [1.29, 1.82) is 0 Å². The van der Waals surface area contributed by atoms with Crippen molar-refractivity contribution < 1.29 is 13.9 Å². The van der Waals surface area contributed by atoms with Crippen LogP contribution < -0.4 is 10.1 Å². The summed E-state index contributed by atoms with van der Waals surface area (Å²) in [4.78, 5) is 10.4. The fourth-order valence-corrected chi connectivity index (χ4v) is 3.94. The summed E-state index contributed by atoms with van der Waals surface area (Å²) in [6.07, 6.45) is 1.51. The number of hydrogen-bond acceptors (Lipinski definition) is 6. The van der Waals surface area contributed by atoms with Crippen LogP contribution in [0.5, 0.6) is 5.75 Å². The fourth-order valence-electron chi connectivity index (χ4n) is 2.83. The lowest BCUT2D eigenvalue weighted by molar-refractivity contribution is 0.240. The lowest BCUT2D eigenvalue weighted by atomic mass is 10.2. The van der Waals surface area contributed by atoms with Gasteiger partial charge < -0.3 is 14.8 Å². The van der Waals surface area contributed by atoms with Gasteiger partial charge in [0, 0.05) is 12.8 Å². The number of nitrogens with one attached hydrogen (secondary N) is 1. The molecule has 0 atom stereocenters. The highest BCUT2D eigenvalue weighted by atomic mass is 35.5. The number of nitrogens with zero attached hydrogens (tertiary/aromatic N) is 2. The highest BCUT2D eigenvalue weighted by Gasteiger charge is 2.10. The maximum Gasteiger partial charge on any atom is 0.142 e. The molecule has 0 aliphatic carbocycles. The van der Waals surface area contributed by atoms with Gasteiger partial charge in [0.1, 0.15) is 41.8 Å². The summed E-state index contributed by atoms with van der Waals surface area (Å²) >= 11 is 7.88. The Kier molecular flexibility index (Phi) is 6.63. The molecule has 0 unspecified atom stereocenters. The zero-order valence-electron chi connectivity index (χ0n) is 16.5. The van der Waals surface area contributed by atoms with E-state index >= 15 is 0 Å². The van der Waals surface area contributed by atoms with Crippen LogP contribution in [-0.2, 0) is 11.3 Å². The molecule has 156 valence electrons. The first-order chi connectivity index (χ1) is 15.1. The van der Waals surface area contributed by atoms with Crippen LogP contribution in [0.2, 0.25) is 5.02 Å². The van der Waals surface area contributed by atoms with Gasteiger partial charge in [0.15, 0.2) is 0 Å². The molecule has 2 aromatic heterocycles. The van der Waals surface area contributed by atoms with Gasteiger partial charge in [-0.2, -0.15) is 0 Å². The van der Waals surface area contributed by atoms with Gasteiger partial charge >= 0.3 is 0 Å². The molecule has 0 aliphatic heterocycles. The second kappa shape index (κ2) is 9.75. The number of aromatic nitrogens is 2. The number of methoxy groups -OCH3 is 1. The predicted molar refractivity (Wildman–Crippen MR) is 122 cm³/mol. The molecule has 4 rings (SSSR count). The number of halogens is 2. The molecule has 2 heterocycles. The molecule has 4 aromatic rings. The Morgan fingerprint density at radius 2 is 2.06 bits per heavy atom. The summed E-state index contributed by atoms with van der Waals surface area (Å²) < 4.78 is 24.0. The molecule has 0 aliphatic rings. The van der Waals surface area contributed by atoms with Gasteiger partial charge in [-0.1, -0.05) is 35.6 Å². The number of ether oxygens (including phenoxy) is 2.